The molecule has 0 aromatic heterocycles. The van der Waals surface area contributed by atoms with Crippen LogP contribution in [0.15, 0.2) is 47.6 Å². The average Bonchev–Trinajstić information content (AvgIpc) is 2.74. The number of hydrogen-bond donors (Lipinski definition) is 1. The van der Waals surface area contributed by atoms with Crippen molar-refractivity contribution in [3.63, 3.8) is 0 Å². The van der Waals surface area contributed by atoms with Crippen LogP contribution in [-0.2, 0) is 20.7 Å². The quantitative estimate of drug-likeness (QED) is 0.347. The first-order valence-corrected chi connectivity index (χ1v) is 9.85. The first-order valence-electron chi connectivity index (χ1n) is 9.85. The Balaban J connectivity index is 1.70. The molecule has 160 valence electrons. The molecule has 0 heterocycles. The second kappa shape index (κ2) is 12.3. The van der Waals surface area contributed by atoms with Crippen LogP contribution in [0.25, 0.3) is 0 Å². The molecule has 7 nitrogen and oxygen atoms in total. The minimum Gasteiger partial charge on any atom is -0.497 e. The summed E-state index contributed by atoms with van der Waals surface area (Å²) >= 11 is 0. The fourth-order valence-corrected chi connectivity index (χ4v) is 2.74. The number of aryl methyl sites for hydroxylation is 2. The maximum atomic E-state index is 12.0. The van der Waals surface area contributed by atoms with E-state index < -0.39 is 5.97 Å². The lowest BCUT2D eigenvalue weighted by Gasteiger charge is -2.07. The smallest absolute Gasteiger partial charge is 0.344 e. The summed E-state index contributed by atoms with van der Waals surface area (Å²) in [5.41, 5.74) is 5.70. The number of hydrazone groups is 1. The molecule has 0 aliphatic carbocycles. The van der Waals surface area contributed by atoms with Crippen molar-refractivity contribution in [3.8, 4) is 11.5 Å². The minimum absolute atomic E-state index is 0.132. The van der Waals surface area contributed by atoms with Crippen molar-refractivity contribution in [2.75, 3.05) is 20.3 Å². The summed E-state index contributed by atoms with van der Waals surface area (Å²) in [6, 6.07) is 13.0. The van der Waals surface area contributed by atoms with Crippen LogP contribution in [-0.4, -0.2) is 38.4 Å². The van der Waals surface area contributed by atoms with Crippen molar-refractivity contribution in [2.45, 2.75) is 33.1 Å². The Morgan fingerprint density at radius 1 is 1.10 bits per heavy atom. The third kappa shape index (κ3) is 7.95. The molecule has 2 aromatic rings. The summed E-state index contributed by atoms with van der Waals surface area (Å²) in [6.07, 6.45) is 3.51. The van der Waals surface area contributed by atoms with Gasteiger partial charge < -0.3 is 14.2 Å². The Labute approximate surface area is 177 Å². The Kier molecular flexibility index (Phi) is 9.37. The zero-order valence-electron chi connectivity index (χ0n) is 17.6. The Morgan fingerprint density at radius 2 is 1.83 bits per heavy atom. The van der Waals surface area contributed by atoms with E-state index in [4.69, 9.17) is 14.2 Å². The SMILES string of the molecule is CCOC(=O)COc1ccc(/C=N/NC(=O)CCCc2ccc(OC)cc2C)cc1. The Hall–Kier alpha value is -3.35. The number of hydrogen-bond acceptors (Lipinski definition) is 6. The molecule has 2 rings (SSSR count). The van der Waals surface area contributed by atoms with Gasteiger partial charge in [0.25, 0.3) is 0 Å². The molecule has 0 radical (unpaired) electrons. The summed E-state index contributed by atoms with van der Waals surface area (Å²) in [5, 5.41) is 3.98. The van der Waals surface area contributed by atoms with Gasteiger partial charge >= 0.3 is 5.97 Å². The van der Waals surface area contributed by atoms with E-state index in [0.717, 1.165) is 29.7 Å². The molecule has 0 saturated carbocycles. The second-order valence-electron chi connectivity index (χ2n) is 6.60. The third-order valence-electron chi connectivity index (χ3n) is 4.34. The maximum Gasteiger partial charge on any atom is 0.344 e. The number of rotatable bonds is 11. The molecule has 7 heteroatoms. The van der Waals surface area contributed by atoms with E-state index in [0.29, 0.717) is 18.8 Å². The van der Waals surface area contributed by atoms with Crippen LogP contribution in [0.2, 0.25) is 0 Å². The van der Waals surface area contributed by atoms with Crippen molar-refractivity contribution >= 4 is 18.1 Å². The van der Waals surface area contributed by atoms with E-state index >= 15 is 0 Å². The van der Waals surface area contributed by atoms with Crippen LogP contribution in [0.4, 0.5) is 0 Å². The highest BCUT2D eigenvalue weighted by molar-refractivity contribution is 5.82. The van der Waals surface area contributed by atoms with Crippen molar-refractivity contribution in [2.24, 2.45) is 5.10 Å². The van der Waals surface area contributed by atoms with Gasteiger partial charge in [0.15, 0.2) is 6.61 Å². The molecule has 0 aliphatic rings. The van der Waals surface area contributed by atoms with E-state index in [9.17, 15) is 9.59 Å². The number of ether oxygens (including phenoxy) is 3. The summed E-state index contributed by atoms with van der Waals surface area (Å²) < 4.78 is 15.3. The van der Waals surface area contributed by atoms with Gasteiger partial charge in [-0.15, -0.1) is 0 Å². The van der Waals surface area contributed by atoms with E-state index in [1.807, 2.05) is 25.1 Å². The van der Waals surface area contributed by atoms with Crippen LogP contribution in [0.5, 0.6) is 11.5 Å². The van der Waals surface area contributed by atoms with E-state index in [1.165, 1.54) is 5.56 Å². The minimum atomic E-state index is -0.409. The molecule has 1 amide bonds. The van der Waals surface area contributed by atoms with Gasteiger partial charge in [-0.1, -0.05) is 6.07 Å². The molecule has 1 N–H and O–H groups in total. The van der Waals surface area contributed by atoms with Gasteiger partial charge in [-0.3, -0.25) is 4.79 Å². The predicted octanol–water partition coefficient (Wildman–Crippen LogP) is 3.42. The maximum absolute atomic E-state index is 12.0. The molecule has 0 spiro atoms. The van der Waals surface area contributed by atoms with Crippen molar-refractivity contribution in [1.82, 2.24) is 5.43 Å². The largest absolute Gasteiger partial charge is 0.497 e. The molecule has 0 saturated heterocycles. The monoisotopic (exact) mass is 412 g/mol. The third-order valence-corrected chi connectivity index (χ3v) is 4.34. The Bertz CT molecular complexity index is 862. The summed E-state index contributed by atoms with van der Waals surface area (Å²) in [5.74, 6) is 0.847. The summed E-state index contributed by atoms with van der Waals surface area (Å²) in [7, 11) is 1.65. The van der Waals surface area contributed by atoms with Gasteiger partial charge in [-0.2, -0.15) is 5.10 Å². The van der Waals surface area contributed by atoms with Gasteiger partial charge in [-0.25, -0.2) is 10.2 Å². The topological polar surface area (TPSA) is 86.2 Å². The van der Waals surface area contributed by atoms with Gasteiger partial charge in [0.05, 0.1) is 19.9 Å². The first kappa shape index (κ1) is 22.9. The van der Waals surface area contributed by atoms with Crippen LogP contribution < -0.4 is 14.9 Å². The molecule has 0 unspecified atom stereocenters. The number of carbonyl (C=O) groups excluding carboxylic acids is 2. The van der Waals surface area contributed by atoms with Crippen LogP contribution in [0.1, 0.15) is 36.5 Å². The molecule has 0 bridgehead atoms. The fourth-order valence-electron chi connectivity index (χ4n) is 2.74. The summed E-state index contributed by atoms with van der Waals surface area (Å²) in [4.78, 5) is 23.2. The second-order valence-corrected chi connectivity index (χ2v) is 6.60. The molecule has 30 heavy (non-hydrogen) atoms. The number of methoxy groups -OCH3 is 1. The molecule has 2 aromatic carbocycles. The molecular formula is C23H28N2O5. The van der Waals surface area contributed by atoms with Crippen LogP contribution in [0, 0.1) is 6.92 Å². The fraction of sp³-hybridized carbons (Fsp3) is 0.348. The number of nitrogens with zero attached hydrogens (tertiary/aromatic N) is 1. The van der Waals surface area contributed by atoms with E-state index in [1.54, 1.807) is 44.5 Å². The molecule has 0 atom stereocenters. The number of carbonyl (C=O) groups is 2. The predicted molar refractivity (Wildman–Crippen MR) is 115 cm³/mol. The highest BCUT2D eigenvalue weighted by atomic mass is 16.6. The van der Waals surface area contributed by atoms with Crippen molar-refractivity contribution < 1.29 is 23.8 Å². The highest BCUT2D eigenvalue weighted by Crippen LogP contribution is 2.18. The average molecular weight is 412 g/mol. The van der Waals surface area contributed by atoms with Gasteiger partial charge in [0.1, 0.15) is 11.5 Å². The van der Waals surface area contributed by atoms with Gasteiger partial charge in [0, 0.05) is 6.42 Å². The first-order chi connectivity index (χ1) is 14.5. The lowest BCUT2D eigenvalue weighted by atomic mass is 10.0. The zero-order chi connectivity index (χ0) is 21.8. The number of esters is 1. The lowest BCUT2D eigenvalue weighted by molar-refractivity contribution is -0.145. The van der Waals surface area contributed by atoms with Gasteiger partial charge in [-0.05, 0) is 79.8 Å². The van der Waals surface area contributed by atoms with Crippen LogP contribution in [0.3, 0.4) is 0 Å². The van der Waals surface area contributed by atoms with E-state index in [-0.39, 0.29) is 12.5 Å². The van der Waals surface area contributed by atoms with E-state index in [2.05, 4.69) is 10.5 Å². The zero-order valence-corrected chi connectivity index (χ0v) is 17.6. The van der Waals surface area contributed by atoms with Crippen molar-refractivity contribution in [3.05, 3.63) is 59.2 Å². The molecular weight excluding hydrogens is 384 g/mol. The molecule has 0 fully saturated rings. The molecule has 0 aliphatic heterocycles. The number of nitrogens with one attached hydrogen (secondary N) is 1. The van der Waals surface area contributed by atoms with Crippen LogP contribution >= 0.6 is 0 Å². The Morgan fingerprint density at radius 3 is 2.50 bits per heavy atom. The number of benzene rings is 2. The standard InChI is InChI=1S/C23H28N2O5/c1-4-29-23(27)16-30-20-11-8-18(9-12-20)15-24-25-22(26)7-5-6-19-10-13-21(28-3)14-17(19)2/h8-15H,4-7,16H2,1-3H3,(H,25,26)/b24-15+. The highest BCUT2D eigenvalue weighted by Gasteiger charge is 2.04. The lowest BCUT2D eigenvalue weighted by Crippen LogP contribution is -2.17. The van der Waals surface area contributed by atoms with Gasteiger partial charge in [0.2, 0.25) is 5.91 Å². The summed E-state index contributed by atoms with van der Waals surface area (Å²) in [6.45, 7) is 3.97. The number of amides is 1. The normalized spacial score (nSPS) is 10.6. The van der Waals surface area contributed by atoms with Crippen molar-refractivity contribution in [1.29, 1.82) is 0 Å².